The van der Waals surface area contributed by atoms with Crippen LogP contribution in [0.3, 0.4) is 0 Å². The number of ether oxygens (including phenoxy) is 1. The lowest BCUT2D eigenvalue weighted by atomic mass is 9.98. The van der Waals surface area contributed by atoms with E-state index in [-0.39, 0.29) is 11.9 Å². The van der Waals surface area contributed by atoms with Crippen LogP contribution in [0.4, 0.5) is 5.69 Å². The van der Waals surface area contributed by atoms with E-state index in [9.17, 15) is 13.2 Å². The van der Waals surface area contributed by atoms with Gasteiger partial charge >= 0.3 is 0 Å². The molecule has 31 heavy (non-hydrogen) atoms. The monoisotopic (exact) mass is 455 g/mol. The molecule has 2 heterocycles. The van der Waals surface area contributed by atoms with E-state index in [0.717, 1.165) is 28.8 Å². The molecule has 3 aromatic rings. The molecular formula is C22H21N3O4S2. The predicted octanol–water partition coefficient (Wildman–Crippen LogP) is 4.12. The van der Waals surface area contributed by atoms with E-state index in [0.29, 0.717) is 17.0 Å². The summed E-state index contributed by atoms with van der Waals surface area (Å²) < 4.78 is 30.6. The molecule has 0 radical (unpaired) electrons. The van der Waals surface area contributed by atoms with Crippen LogP contribution < -0.4 is 9.46 Å². The van der Waals surface area contributed by atoms with E-state index in [1.54, 1.807) is 37.4 Å². The van der Waals surface area contributed by atoms with E-state index < -0.39 is 10.0 Å². The maximum atomic E-state index is 13.1. The summed E-state index contributed by atoms with van der Waals surface area (Å²) in [4.78, 5) is 13.8. The zero-order valence-corrected chi connectivity index (χ0v) is 18.6. The number of methoxy groups -OCH3 is 1. The number of rotatable bonds is 6. The van der Waals surface area contributed by atoms with Crippen LogP contribution in [0.15, 0.2) is 71.1 Å². The fourth-order valence-electron chi connectivity index (χ4n) is 3.42. The van der Waals surface area contributed by atoms with Crippen molar-refractivity contribution < 1.29 is 17.9 Å². The van der Waals surface area contributed by atoms with Gasteiger partial charge in [-0.25, -0.2) is 13.4 Å². The highest BCUT2D eigenvalue weighted by Crippen LogP contribution is 2.35. The lowest BCUT2D eigenvalue weighted by Gasteiger charge is -2.21. The first-order valence-corrected chi connectivity index (χ1v) is 12.3. The summed E-state index contributed by atoms with van der Waals surface area (Å²) >= 11 is 1.38. The van der Waals surface area contributed by atoms with Gasteiger partial charge in [-0.3, -0.25) is 9.52 Å². The molecule has 4 rings (SSSR count). The molecule has 1 atom stereocenters. The van der Waals surface area contributed by atoms with Crippen molar-refractivity contribution in [2.45, 2.75) is 12.5 Å². The van der Waals surface area contributed by atoms with Gasteiger partial charge in [-0.2, -0.15) is 5.10 Å². The Bertz CT molecular complexity index is 1200. The molecule has 1 aliphatic rings. The van der Waals surface area contributed by atoms with Crippen molar-refractivity contribution >= 4 is 38.7 Å². The molecule has 2 aromatic carbocycles. The van der Waals surface area contributed by atoms with E-state index in [1.165, 1.54) is 16.3 Å². The molecule has 0 unspecified atom stereocenters. The van der Waals surface area contributed by atoms with Crippen molar-refractivity contribution in [3.05, 3.63) is 82.0 Å². The number of hydrazone groups is 1. The van der Waals surface area contributed by atoms with Gasteiger partial charge in [0.15, 0.2) is 0 Å². The Labute approximate surface area is 185 Å². The summed E-state index contributed by atoms with van der Waals surface area (Å²) in [5, 5.41) is 8.05. The average molecular weight is 456 g/mol. The lowest BCUT2D eigenvalue weighted by molar-refractivity contribution is 0.0716. The molecule has 1 amide bonds. The fraction of sp³-hybridized carbons (Fsp3) is 0.182. The second kappa shape index (κ2) is 8.52. The van der Waals surface area contributed by atoms with Crippen molar-refractivity contribution in [1.82, 2.24) is 5.01 Å². The Balaban J connectivity index is 1.65. The van der Waals surface area contributed by atoms with Crippen LogP contribution in [0.5, 0.6) is 5.75 Å². The number of hydrogen-bond donors (Lipinski definition) is 1. The minimum Gasteiger partial charge on any atom is -0.497 e. The summed E-state index contributed by atoms with van der Waals surface area (Å²) in [7, 11) is -1.74. The number of benzene rings is 2. The number of nitrogens with one attached hydrogen (secondary N) is 1. The average Bonchev–Trinajstić information content (AvgIpc) is 3.43. The number of carbonyl (C=O) groups excluding carboxylic acids is 1. The molecular weight excluding hydrogens is 434 g/mol. The zero-order chi connectivity index (χ0) is 22.0. The molecule has 160 valence electrons. The van der Waals surface area contributed by atoms with Gasteiger partial charge < -0.3 is 4.74 Å². The highest BCUT2D eigenvalue weighted by atomic mass is 32.2. The van der Waals surface area contributed by atoms with Gasteiger partial charge in [0, 0.05) is 12.1 Å². The zero-order valence-electron chi connectivity index (χ0n) is 17.0. The van der Waals surface area contributed by atoms with Crippen LogP contribution in [0.1, 0.15) is 33.3 Å². The van der Waals surface area contributed by atoms with Crippen LogP contribution >= 0.6 is 11.3 Å². The number of sulfonamides is 1. The standard InChI is InChI=1S/C22H21N3O4S2/c1-29-18-11-7-16(8-12-18)20-14-19(23-25(20)22(26)21-4-3-13-30-21)15-5-9-17(10-6-15)24-31(2,27)28/h3-13,20,24H,14H2,1-2H3/t20-/m1/s1. The lowest BCUT2D eigenvalue weighted by Crippen LogP contribution is -2.26. The maximum Gasteiger partial charge on any atom is 0.284 e. The topological polar surface area (TPSA) is 88.1 Å². The quantitative estimate of drug-likeness (QED) is 0.606. The van der Waals surface area contributed by atoms with Crippen molar-refractivity contribution in [1.29, 1.82) is 0 Å². The third-order valence-corrected chi connectivity index (χ3v) is 6.34. The Morgan fingerprint density at radius 3 is 2.42 bits per heavy atom. The Kier molecular flexibility index (Phi) is 5.79. The molecule has 0 saturated heterocycles. The molecule has 0 fully saturated rings. The normalized spacial score (nSPS) is 16.1. The van der Waals surface area contributed by atoms with E-state index in [4.69, 9.17) is 4.74 Å². The van der Waals surface area contributed by atoms with Gasteiger partial charge in [0.2, 0.25) is 10.0 Å². The third kappa shape index (κ3) is 4.78. The highest BCUT2D eigenvalue weighted by Gasteiger charge is 2.34. The summed E-state index contributed by atoms with van der Waals surface area (Å²) in [6.07, 6.45) is 1.65. The summed E-state index contributed by atoms with van der Waals surface area (Å²) in [5.74, 6) is 0.592. The first-order chi connectivity index (χ1) is 14.8. The SMILES string of the molecule is COc1ccc([C@H]2CC(c3ccc(NS(C)(=O)=O)cc3)=NN2C(=O)c2cccs2)cc1. The summed E-state index contributed by atoms with van der Waals surface area (Å²) in [6.45, 7) is 0. The van der Waals surface area contributed by atoms with E-state index >= 15 is 0 Å². The van der Waals surface area contributed by atoms with Gasteiger partial charge in [0.1, 0.15) is 5.75 Å². The summed E-state index contributed by atoms with van der Waals surface area (Å²) in [5.41, 5.74) is 3.03. The molecule has 0 aliphatic carbocycles. The number of anilines is 1. The molecule has 7 nitrogen and oxygen atoms in total. The molecule has 1 aliphatic heterocycles. The van der Waals surface area contributed by atoms with Crippen LogP contribution in [0.2, 0.25) is 0 Å². The molecule has 0 spiro atoms. The van der Waals surface area contributed by atoms with Gasteiger partial charge in [-0.15, -0.1) is 11.3 Å². The number of hydrogen-bond acceptors (Lipinski definition) is 6. The second-order valence-corrected chi connectivity index (χ2v) is 9.81. The Morgan fingerprint density at radius 1 is 1.13 bits per heavy atom. The van der Waals surface area contributed by atoms with Crippen molar-refractivity contribution in [2.75, 3.05) is 18.1 Å². The molecule has 0 bridgehead atoms. The Morgan fingerprint density at radius 2 is 1.84 bits per heavy atom. The van der Waals surface area contributed by atoms with Gasteiger partial charge in [-0.05, 0) is 46.8 Å². The number of nitrogens with zero attached hydrogens (tertiary/aromatic N) is 2. The number of thiophene rings is 1. The number of amides is 1. The first kappa shape index (κ1) is 21.1. The van der Waals surface area contributed by atoms with Gasteiger partial charge in [0.05, 0.1) is 30.0 Å². The van der Waals surface area contributed by atoms with Gasteiger partial charge in [0.25, 0.3) is 5.91 Å². The third-order valence-electron chi connectivity index (χ3n) is 4.87. The van der Waals surface area contributed by atoms with Crippen LogP contribution in [0, 0.1) is 0 Å². The minimum absolute atomic E-state index is 0.152. The number of carbonyl (C=O) groups is 1. The largest absolute Gasteiger partial charge is 0.497 e. The Hall–Kier alpha value is -3.17. The fourth-order valence-corrected chi connectivity index (χ4v) is 4.64. The van der Waals surface area contributed by atoms with Crippen molar-refractivity contribution in [3.8, 4) is 5.75 Å². The molecule has 1 aromatic heterocycles. The summed E-state index contributed by atoms with van der Waals surface area (Å²) in [6, 6.07) is 18.0. The molecule has 9 heteroatoms. The first-order valence-electron chi connectivity index (χ1n) is 9.51. The maximum absolute atomic E-state index is 13.1. The highest BCUT2D eigenvalue weighted by molar-refractivity contribution is 7.92. The van der Waals surface area contributed by atoms with Crippen molar-refractivity contribution in [2.24, 2.45) is 5.10 Å². The smallest absolute Gasteiger partial charge is 0.284 e. The second-order valence-electron chi connectivity index (χ2n) is 7.12. The van der Waals surface area contributed by atoms with E-state index in [1.807, 2.05) is 35.7 Å². The van der Waals surface area contributed by atoms with E-state index in [2.05, 4.69) is 9.82 Å². The molecule has 1 N–H and O–H groups in total. The molecule has 0 saturated carbocycles. The van der Waals surface area contributed by atoms with Gasteiger partial charge in [-0.1, -0.05) is 30.3 Å². The van der Waals surface area contributed by atoms with Crippen LogP contribution in [0.25, 0.3) is 0 Å². The van der Waals surface area contributed by atoms with Crippen molar-refractivity contribution in [3.63, 3.8) is 0 Å². The van der Waals surface area contributed by atoms with Crippen LogP contribution in [-0.2, 0) is 10.0 Å². The minimum atomic E-state index is -3.35. The predicted molar refractivity (Wildman–Crippen MR) is 122 cm³/mol. The van der Waals surface area contributed by atoms with Crippen LogP contribution in [-0.4, -0.2) is 38.4 Å².